The molecule has 0 aliphatic heterocycles. The molecule has 0 bridgehead atoms. The van der Waals surface area contributed by atoms with Crippen molar-refractivity contribution in [1.82, 2.24) is 14.8 Å². The normalized spacial score (nSPS) is 10.1. The van der Waals surface area contributed by atoms with E-state index in [1.54, 1.807) is 0 Å². The molecule has 0 aliphatic carbocycles. The van der Waals surface area contributed by atoms with Gasteiger partial charge in [-0.3, -0.25) is 0 Å². The summed E-state index contributed by atoms with van der Waals surface area (Å²) in [5.74, 6) is -1.94. The van der Waals surface area contributed by atoms with E-state index in [2.05, 4.69) is 10.1 Å². The van der Waals surface area contributed by atoms with E-state index in [9.17, 15) is 9.59 Å². The van der Waals surface area contributed by atoms with Crippen LogP contribution in [0.2, 0.25) is 0 Å². The Balaban J connectivity index is 2.42. The predicted octanol–water partition coefficient (Wildman–Crippen LogP) is 0.664. The number of rotatable bonds is 3. The van der Waals surface area contributed by atoms with Crippen molar-refractivity contribution < 1.29 is 19.8 Å². The number of carboxylic acids is 2. The summed E-state index contributed by atoms with van der Waals surface area (Å²) in [6.45, 7) is 0. The van der Waals surface area contributed by atoms with Gasteiger partial charge in [0, 0.05) is 12.4 Å². The molecule has 2 aromatic heterocycles. The van der Waals surface area contributed by atoms with Gasteiger partial charge in [-0.25, -0.2) is 19.3 Å². The zero-order valence-corrected chi connectivity index (χ0v) is 8.44. The second-order valence-electron chi connectivity index (χ2n) is 3.19. The number of aromatic nitrogens is 3. The molecule has 0 atom stereocenters. The van der Waals surface area contributed by atoms with Crippen LogP contribution in [-0.2, 0) is 0 Å². The van der Waals surface area contributed by atoms with Crippen molar-refractivity contribution in [2.24, 2.45) is 0 Å². The molecule has 2 aromatic rings. The molecule has 0 unspecified atom stereocenters. The number of nitrogens with zero attached hydrogens (tertiary/aromatic N) is 3. The number of hydrogen-bond acceptors (Lipinski definition) is 4. The molecule has 86 valence electrons. The molecule has 17 heavy (non-hydrogen) atoms. The molecule has 0 aliphatic rings. The largest absolute Gasteiger partial charge is 0.478 e. The zero-order chi connectivity index (χ0) is 12.4. The first-order chi connectivity index (χ1) is 8.08. The highest BCUT2D eigenvalue weighted by atomic mass is 16.4. The van der Waals surface area contributed by atoms with Gasteiger partial charge in [0.05, 0.1) is 17.3 Å². The lowest BCUT2D eigenvalue weighted by atomic mass is 10.2. The van der Waals surface area contributed by atoms with Gasteiger partial charge in [-0.2, -0.15) is 5.10 Å². The number of pyridine rings is 1. The number of carbonyl (C=O) groups is 2. The van der Waals surface area contributed by atoms with E-state index in [1.807, 2.05) is 0 Å². The lowest BCUT2D eigenvalue weighted by molar-refractivity contribution is 0.0685. The molecule has 2 N–H and O–H groups in total. The number of aromatic carboxylic acids is 2. The van der Waals surface area contributed by atoms with Crippen molar-refractivity contribution >= 4 is 11.9 Å². The highest BCUT2D eigenvalue weighted by Gasteiger charge is 2.09. The second kappa shape index (κ2) is 4.05. The Morgan fingerprint density at radius 2 is 1.88 bits per heavy atom. The molecule has 0 saturated heterocycles. The van der Waals surface area contributed by atoms with Crippen LogP contribution in [0, 0.1) is 0 Å². The maximum Gasteiger partial charge on any atom is 0.338 e. The Hall–Kier alpha value is -2.70. The summed E-state index contributed by atoms with van der Waals surface area (Å²) in [4.78, 5) is 25.3. The Kier molecular flexibility index (Phi) is 2.57. The quantitative estimate of drug-likeness (QED) is 0.806. The van der Waals surface area contributed by atoms with Gasteiger partial charge < -0.3 is 10.2 Å². The van der Waals surface area contributed by atoms with Crippen molar-refractivity contribution in [2.75, 3.05) is 0 Å². The molecule has 0 aromatic carbocycles. The first kappa shape index (κ1) is 10.8. The highest BCUT2D eigenvalue weighted by molar-refractivity contribution is 5.88. The Morgan fingerprint density at radius 3 is 2.47 bits per heavy atom. The van der Waals surface area contributed by atoms with Gasteiger partial charge in [0.25, 0.3) is 0 Å². The monoisotopic (exact) mass is 233 g/mol. The van der Waals surface area contributed by atoms with Crippen LogP contribution in [0.3, 0.4) is 0 Å². The molecule has 0 saturated carbocycles. The van der Waals surface area contributed by atoms with Crippen LogP contribution in [0.1, 0.15) is 20.7 Å². The first-order valence-electron chi connectivity index (χ1n) is 4.55. The van der Waals surface area contributed by atoms with Crippen LogP contribution >= 0.6 is 0 Å². The van der Waals surface area contributed by atoms with Crippen molar-refractivity contribution in [1.29, 1.82) is 0 Å². The zero-order valence-electron chi connectivity index (χ0n) is 8.44. The van der Waals surface area contributed by atoms with E-state index in [4.69, 9.17) is 10.2 Å². The van der Waals surface area contributed by atoms with Gasteiger partial charge in [0.1, 0.15) is 0 Å². The van der Waals surface area contributed by atoms with E-state index in [0.717, 1.165) is 6.20 Å². The van der Waals surface area contributed by atoms with Crippen LogP contribution in [0.5, 0.6) is 0 Å². The molecule has 7 heteroatoms. The molecule has 0 amide bonds. The summed E-state index contributed by atoms with van der Waals surface area (Å²) in [6, 6.07) is 2.65. The van der Waals surface area contributed by atoms with Crippen molar-refractivity contribution in [2.45, 2.75) is 0 Å². The smallest absolute Gasteiger partial charge is 0.338 e. The van der Waals surface area contributed by atoms with Gasteiger partial charge in [-0.15, -0.1) is 0 Å². The predicted molar refractivity (Wildman–Crippen MR) is 55.3 cm³/mol. The summed E-state index contributed by atoms with van der Waals surface area (Å²) >= 11 is 0. The van der Waals surface area contributed by atoms with Crippen LogP contribution < -0.4 is 0 Å². The van der Waals surface area contributed by atoms with Crippen LogP contribution in [0.4, 0.5) is 0 Å². The van der Waals surface area contributed by atoms with Crippen molar-refractivity contribution in [3.63, 3.8) is 0 Å². The van der Waals surface area contributed by atoms with Crippen molar-refractivity contribution in [3.05, 3.63) is 41.9 Å². The summed E-state index contributed by atoms with van der Waals surface area (Å²) in [6.07, 6.45) is 3.74. The van der Waals surface area contributed by atoms with Gasteiger partial charge in [-0.05, 0) is 12.1 Å². The number of carboxylic acid groups (broad SMARTS) is 2. The SMILES string of the molecule is O=C(O)c1ccnc(-n2cc(C(=O)O)cn2)c1. The van der Waals surface area contributed by atoms with Crippen LogP contribution in [0.25, 0.3) is 5.82 Å². The lowest BCUT2D eigenvalue weighted by Gasteiger charge is -2.00. The molecule has 2 rings (SSSR count). The van der Waals surface area contributed by atoms with Gasteiger partial charge >= 0.3 is 11.9 Å². The summed E-state index contributed by atoms with van der Waals surface area (Å²) < 4.78 is 1.20. The average Bonchev–Trinajstić information content (AvgIpc) is 2.78. The highest BCUT2D eigenvalue weighted by Crippen LogP contribution is 2.08. The third-order valence-electron chi connectivity index (χ3n) is 2.06. The van der Waals surface area contributed by atoms with E-state index in [0.29, 0.717) is 0 Å². The van der Waals surface area contributed by atoms with Gasteiger partial charge in [0.15, 0.2) is 5.82 Å². The Labute approximate surface area is 95.0 Å². The fourth-order valence-corrected chi connectivity index (χ4v) is 1.24. The summed E-state index contributed by atoms with van der Waals surface area (Å²) in [5.41, 5.74) is 0.0647. The molecule has 0 fully saturated rings. The molecule has 7 nitrogen and oxygen atoms in total. The third-order valence-corrected chi connectivity index (χ3v) is 2.06. The Bertz CT molecular complexity index is 591. The maximum absolute atomic E-state index is 10.7. The van der Waals surface area contributed by atoms with E-state index in [-0.39, 0.29) is 16.9 Å². The Morgan fingerprint density at radius 1 is 1.18 bits per heavy atom. The summed E-state index contributed by atoms with van der Waals surface area (Å²) in [7, 11) is 0. The third kappa shape index (κ3) is 2.12. The first-order valence-corrected chi connectivity index (χ1v) is 4.55. The van der Waals surface area contributed by atoms with Gasteiger partial charge in [-0.1, -0.05) is 0 Å². The van der Waals surface area contributed by atoms with E-state index >= 15 is 0 Å². The average molecular weight is 233 g/mol. The minimum atomic E-state index is -1.11. The second-order valence-corrected chi connectivity index (χ2v) is 3.19. The number of hydrogen-bond donors (Lipinski definition) is 2. The fraction of sp³-hybridized carbons (Fsp3) is 0. The molecule has 0 radical (unpaired) electrons. The maximum atomic E-state index is 10.7. The van der Waals surface area contributed by atoms with E-state index in [1.165, 1.54) is 29.2 Å². The fourth-order valence-electron chi connectivity index (χ4n) is 1.24. The lowest BCUT2D eigenvalue weighted by Crippen LogP contribution is -2.02. The standard InChI is InChI=1S/C10H7N3O4/c14-9(15)6-1-2-11-8(3-6)13-5-7(4-12-13)10(16)17/h1-5H,(H,14,15)(H,16,17). The molecular weight excluding hydrogens is 226 g/mol. The minimum absolute atomic E-state index is 0.00697. The molecule has 0 spiro atoms. The van der Waals surface area contributed by atoms with Crippen molar-refractivity contribution in [3.8, 4) is 5.82 Å². The van der Waals surface area contributed by atoms with Gasteiger partial charge in [0.2, 0.25) is 0 Å². The topological polar surface area (TPSA) is 105 Å². The van der Waals surface area contributed by atoms with Crippen LogP contribution in [0.15, 0.2) is 30.7 Å². The van der Waals surface area contributed by atoms with Crippen LogP contribution in [-0.4, -0.2) is 36.9 Å². The minimum Gasteiger partial charge on any atom is -0.478 e. The molecular formula is C10H7N3O4. The summed E-state index contributed by atoms with van der Waals surface area (Å²) in [5, 5.41) is 21.3. The molecule has 2 heterocycles. The van der Waals surface area contributed by atoms with E-state index < -0.39 is 11.9 Å².